The van der Waals surface area contributed by atoms with E-state index in [4.69, 9.17) is 4.74 Å². The van der Waals surface area contributed by atoms with Crippen LogP contribution in [0.3, 0.4) is 0 Å². The van der Waals surface area contributed by atoms with Crippen molar-refractivity contribution in [2.45, 2.75) is 51.7 Å². The molecule has 0 atom stereocenters. The SMILES string of the molecule is Cc1ccc(COc2ccc3ccccc3c2C=C2C(=O)NC(=O)N(C3CCCCC3)C2=O)cc1. The number of rotatable bonds is 5. The summed E-state index contributed by atoms with van der Waals surface area (Å²) in [5.41, 5.74) is 2.78. The Hall–Kier alpha value is -3.93. The second-order valence-electron chi connectivity index (χ2n) is 9.26. The molecule has 0 unspecified atom stereocenters. The molecule has 35 heavy (non-hydrogen) atoms. The van der Waals surface area contributed by atoms with Gasteiger partial charge in [-0.3, -0.25) is 19.8 Å². The molecule has 1 aliphatic carbocycles. The number of hydrogen-bond acceptors (Lipinski definition) is 4. The molecular weight excluding hydrogens is 440 g/mol. The highest BCUT2D eigenvalue weighted by molar-refractivity contribution is 6.31. The number of benzene rings is 3. The van der Waals surface area contributed by atoms with Gasteiger partial charge < -0.3 is 4.74 Å². The summed E-state index contributed by atoms with van der Waals surface area (Å²) in [7, 11) is 0. The van der Waals surface area contributed by atoms with E-state index in [9.17, 15) is 14.4 Å². The number of carbonyl (C=O) groups is 3. The van der Waals surface area contributed by atoms with E-state index in [1.807, 2.05) is 67.6 Å². The van der Waals surface area contributed by atoms with Crippen LogP contribution in [0.2, 0.25) is 0 Å². The van der Waals surface area contributed by atoms with Crippen molar-refractivity contribution in [1.82, 2.24) is 10.2 Å². The van der Waals surface area contributed by atoms with Gasteiger partial charge in [0.2, 0.25) is 0 Å². The van der Waals surface area contributed by atoms with Crippen LogP contribution >= 0.6 is 0 Å². The summed E-state index contributed by atoms with van der Waals surface area (Å²) in [6.45, 7) is 2.38. The van der Waals surface area contributed by atoms with Gasteiger partial charge in [0.05, 0.1) is 0 Å². The summed E-state index contributed by atoms with van der Waals surface area (Å²) in [5.74, 6) is -0.647. The minimum Gasteiger partial charge on any atom is -0.488 e. The first kappa shape index (κ1) is 22.8. The van der Waals surface area contributed by atoms with E-state index in [-0.39, 0.29) is 11.6 Å². The van der Waals surface area contributed by atoms with Crippen LogP contribution < -0.4 is 10.1 Å². The molecule has 6 heteroatoms. The average Bonchev–Trinajstić information content (AvgIpc) is 2.87. The Labute approximate surface area is 204 Å². The van der Waals surface area contributed by atoms with E-state index in [1.54, 1.807) is 6.08 Å². The highest BCUT2D eigenvalue weighted by atomic mass is 16.5. The van der Waals surface area contributed by atoms with Gasteiger partial charge in [-0.05, 0) is 48.2 Å². The maximum Gasteiger partial charge on any atom is 0.331 e. The molecule has 1 aliphatic heterocycles. The first-order valence-corrected chi connectivity index (χ1v) is 12.1. The lowest BCUT2D eigenvalue weighted by atomic mass is 9.93. The van der Waals surface area contributed by atoms with Gasteiger partial charge in [-0.15, -0.1) is 0 Å². The number of amides is 4. The molecule has 6 nitrogen and oxygen atoms in total. The predicted molar refractivity (Wildman–Crippen MR) is 135 cm³/mol. The molecule has 4 amide bonds. The number of nitrogens with one attached hydrogen (secondary N) is 1. The van der Waals surface area contributed by atoms with E-state index in [0.29, 0.717) is 17.9 Å². The van der Waals surface area contributed by atoms with Gasteiger partial charge >= 0.3 is 6.03 Å². The van der Waals surface area contributed by atoms with Crippen LogP contribution in [0.25, 0.3) is 16.8 Å². The van der Waals surface area contributed by atoms with Crippen molar-refractivity contribution in [3.63, 3.8) is 0 Å². The normalized spacial score (nSPS) is 18.3. The van der Waals surface area contributed by atoms with Crippen molar-refractivity contribution >= 4 is 34.7 Å². The molecule has 0 radical (unpaired) electrons. The molecule has 2 aliphatic rings. The number of carbonyl (C=O) groups excluding carboxylic acids is 3. The molecule has 0 spiro atoms. The molecule has 0 aromatic heterocycles. The third-order valence-electron chi connectivity index (χ3n) is 6.81. The minimum absolute atomic E-state index is 0.0493. The lowest BCUT2D eigenvalue weighted by molar-refractivity contribution is -0.132. The highest BCUT2D eigenvalue weighted by Crippen LogP contribution is 2.33. The van der Waals surface area contributed by atoms with Crippen molar-refractivity contribution in [2.24, 2.45) is 0 Å². The highest BCUT2D eigenvalue weighted by Gasteiger charge is 2.40. The Kier molecular flexibility index (Phi) is 6.36. The molecule has 5 rings (SSSR count). The van der Waals surface area contributed by atoms with Gasteiger partial charge in [-0.25, -0.2) is 4.79 Å². The molecule has 0 bridgehead atoms. The minimum atomic E-state index is -0.676. The molecule has 1 N–H and O–H groups in total. The lowest BCUT2D eigenvalue weighted by Crippen LogP contribution is -2.58. The van der Waals surface area contributed by atoms with E-state index in [0.717, 1.165) is 48.4 Å². The van der Waals surface area contributed by atoms with E-state index >= 15 is 0 Å². The van der Waals surface area contributed by atoms with Crippen molar-refractivity contribution in [3.8, 4) is 5.75 Å². The molecule has 1 heterocycles. The standard InChI is InChI=1S/C29H28N2O4/c1-19-11-13-20(14-12-19)18-35-26-16-15-21-7-5-6-10-23(21)24(26)17-25-27(32)30-29(34)31(28(25)33)22-8-3-2-4-9-22/h5-7,10-17,22H,2-4,8-9,18H2,1H3,(H,30,32,34). The van der Waals surface area contributed by atoms with Crippen LogP contribution in [-0.2, 0) is 16.2 Å². The smallest absolute Gasteiger partial charge is 0.331 e. The quantitative estimate of drug-likeness (QED) is 0.395. The monoisotopic (exact) mass is 468 g/mol. The summed E-state index contributed by atoms with van der Waals surface area (Å²) in [5, 5.41) is 4.20. The Morgan fingerprint density at radius 2 is 1.69 bits per heavy atom. The van der Waals surface area contributed by atoms with E-state index in [2.05, 4.69) is 5.32 Å². The van der Waals surface area contributed by atoms with Crippen molar-refractivity contribution in [3.05, 3.63) is 82.9 Å². The molecule has 3 aromatic carbocycles. The zero-order valence-corrected chi connectivity index (χ0v) is 19.8. The fourth-order valence-corrected chi connectivity index (χ4v) is 4.88. The van der Waals surface area contributed by atoms with Gasteiger partial charge in [0.15, 0.2) is 0 Å². The second kappa shape index (κ2) is 9.74. The summed E-state index contributed by atoms with van der Waals surface area (Å²) < 4.78 is 6.18. The summed E-state index contributed by atoms with van der Waals surface area (Å²) in [6.07, 6.45) is 6.13. The van der Waals surface area contributed by atoms with Crippen molar-refractivity contribution in [1.29, 1.82) is 0 Å². The van der Waals surface area contributed by atoms with Crippen LogP contribution in [0.15, 0.2) is 66.2 Å². The Bertz CT molecular complexity index is 1320. The van der Waals surface area contributed by atoms with Gasteiger partial charge in [-0.2, -0.15) is 0 Å². The summed E-state index contributed by atoms with van der Waals surface area (Å²) in [6, 6.07) is 18.9. The zero-order chi connectivity index (χ0) is 24.4. The number of aryl methyl sites for hydroxylation is 1. The van der Waals surface area contributed by atoms with Crippen LogP contribution in [-0.4, -0.2) is 28.8 Å². The van der Waals surface area contributed by atoms with Crippen LogP contribution in [0, 0.1) is 6.92 Å². The van der Waals surface area contributed by atoms with Crippen LogP contribution in [0.5, 0.6) is 5.75 Å². The number of nitrogens with zero attached hydrogens (tertiary/aromatic N) is 1. The number of ether oxygens (including phenoxy) is 1. The first-order chi connectivity index (χ1) is 17.0. The van der Waals surface area contributed by atoms with Gasteiger partial charge in [0.1, 0.15) is 17.9 Å². The third-order valence-corrected chi connectivity index (χ3v) is 6.81. The van der Waals surface area contributed by atoms with E-state index in [1.165, 1.54) is 10.5 Å². The third kappa shape index (κ3) is 4.69. The van der Waals surface area contributed by atoms with Gasteiger partial charge in [0, 0.05) is 11.6 Å². The van der Waals surface area contributed by atoms with Crippen LogP contribution in [0.1, 0.15) is 48.8 Å². The van der Waals surface area contributed by atoms with Crippen LogP contribution in [0.4, 0.5) is 4.79 Å². The largest absolute Gasteiger partial charge is 0.488 e. The van der Waals surface area contributed by atoms with Crippen molar-refractivity contribution in [2.75, 3.05) is 0 Å². The molecule has 1 saturated heterocycles. The topological polar surface area (TPSA) is 75.7 Å². The predicted octanol–water partition coefficient (Wildman–Crippen LogP) is 5.52. The number of urea groups is 1. The maximum absolute atomic E-state index is 13.4. The van der Waals surface area contributed by atoms with Crippen molar-refractivity contribution < 1.29 is 19.1 Å². The number of fused-ring (bicyclic) bond motifs is 1. The Morgan fingerprint density at radius 1 is 0.943 bits per heavy atom. The molecule has 1 saturated carbocycles. The lowest BCUT2D eigenvalue weighted by Gasteiger charge is -2.35. The van der Waals surface area contributed by atoms with Gasteiger partial charge in [0.25, 0.3) is 11.8 Å². The molecular formula is C29H28N2O4. The average molecular weight is 469 g/mol. The number of barbiturate groups is 1. The first-order valence-electron chi connectivity index (χ1n) is 12.1. The fourth-order valence-electron chi connectivity index (χ4n) is 4.88. The summed E-state index contributed by atoms with van der Waals surface area (Å²) >= 11 is 0. The second-order valence-corrected chi connectivity index (χ2v) is 9.26. The van der Waals surface area contributed by atoms with E-state index < -0.39 is 17.8 Å². The molecule has 2 fully saturated rings. The maximum atomic E-state index is 13.4. The Morgan fingerprint density at radius 3 is 2.46 bits per heavy atom. The number of imide groups is 2. The molecule has 178 valence electrons. The fraction of sp³-hybridized carbons (Fsp3) is 0.276. The zero-order valence-electron chi connectivity index (χ0n) is 19.8. The summed E-state index contributed by atoms with van der Waals surface area (Å²) in [4.78, 5) is 40.1. The Balaban J connectivity index is 1.53. The van der Waals surface area contributed by atoms with Gasteiger partial charge in [-0.1, -0.05) is 79.4 Å². The number of hydrogen-bond donors (Lipinski definition) is 1. The molecule has 3 aromatic rings.